The van der Waals surface area contributed by atoms with E-state index in [4.69, 9.17) is 0 Å². The topological polar surface area (TPSA) is 38.3 Å². The summed E-state index contributed by atoms with van der Waals surface area (Å²) in [5.41, 5.74) is 2.34. The van der Waals surface area contributed by atoms with Crippen LogP contribution in [0.1, 0.15) is 0 Å². The van der Waals surface area contributed by atoms with Crippen LogP contribution in [0.2, 0.25) is 0 Å². The van der Waals surface area contributed by atoms with Gasteiger partial charge in [0.1, 0.15) is 0 Å². The number of nitrogens with one attached hydrogen (secondary N) is 1. The Bertz CT molecular complexity index is 144. The molecule has 1 aliphatic rings. The predicted octanol–water partition coefficient (Wildman–Crippen LogP) is -0.250. The molecule has 0 spiro atoms. The van der Waals surface area contributed by atoms with E-state index in [-0.39, 0.29) is 5.76 Å². The SMILES string of the molecule is O=C=C1C=CNO1. The van der Waals surface area contributed by atoms with E-state index in [9.17, 15) is 4.79 Å². The molecule has 0 bridgehead atoms. The highest BCUT2D eigenvalue weighted by Crippen LogP contribution is 1.95. The molecule has 1 rings (SSSR count). The van der Waals surface area contributed by atoms with Crippen molar-refractivity contribution in [2.45, 2.75) is 0 Å². The van der Waals surface area contributed by atoms with Gasteiger partial charge in [-0.3, -0.25) is 0 Å². The monoisotopic (exact) mass is 97.0 g/mol. The molecule has 1 aliphatic heterocycles. The second kappa shape index (κ2) is 1.49. The fourth-order valence-corrected chi connectivity index (χ4v) is 0.296. The molecule has 0 unspecified atom stereocenters. The first-order valence-electron chi connectivity index (χ1n) is 1.77. The van der Waals surface area contributed by atoms with Crippen molar-refractivity contribution in [1.82, 2.24) is 5.48 Å². The first kappa shape index (κ1) is 3.96. The maximum Gasteiger partial charge on any atom is 0.239 e. The summed E-state index contributed by atoms with van der Waals surface area (Å²) in [6, 6.07) is 0. The van der Waals surface area contributed by atoms with Gasteiger partial charge in [0.05, 0.1) is 0 Å². The van der Waals surface area contributed by atoms with Gasteiger partial charge in [-0.2, -0.15) is 0 Å². The molecular weight excluding hydrogens is 94.0 g/mol. The zero-order chi connectivity index (χ0) is 5.11. The lowest BCUT2D eigenvalue weighted by Crippen LogP contribution is -1.95. The lowest BCUT2D eigenvalue weighted by atomic mass is 10.5. The van der Waals surface area contributed by atoms with Crippen molar-refractivity contribution in [3.63, 3.8) is 0 Å². The summed E-state index contributed by atoms with van der Waals surface area (Å²) < 4.78 is 0. The van der Waals surface area contributed by atoms with Crippen LogP contribution in [0.15, 0.2) is 18.0 Å². The Balaban J connectivity index is 2.77. The van der Waals surface area contributed by atoms with Crippen molar-refractivity contribution < 1.29 is 9.63 Å². The van der Waals surface area contributed by atoms with E-state index in [0.717, 1.165) is 0 Å². The molecule has 0 aliphatic carbocycles. The summed E-state index contributed by atoms with van der Waals surface area (Å²) >= 11 is 0. The molecule has 0 saturated carbocycles. The fraction of sp³-hybridized carbons (Fsp3) is 0. The zero-order valence-electron chi connectivity index (χ0n) is 3.47. The van der Waals surface area contributed by atoms with Crippen LogP contribution in [0, 0.1) is 0 Å². The van der Waals surface area contributed by atoms with E-state index in [1.807, 2.05) is 0 Å². The maximum absolute atomic E-state index is 9.63. The van der Waals surface area contributed by atoms with E-state index >= 15 is 0 Å². The summed E-state index contributed by atoms with van der Waals surface area (Å²) in [5, 5.41) is 0. The average Bonchev–Trinajstić information content (AvgIpc) is 2.14. The molecule has 3 heteroatoms. The van der Waals surface area contributed by atoms with Gasteiger partial charge in [-0.1, -0.05) is 0 Å². The largest absolute Gasteiger partial charge is 0.371 e. The van der Waals surface area contributed by atoms with E-state index in [1.165, 1.54) is 12.3 Å². The van der Waals surface area contributed by atoms with Crippen LogP contribution in [-0.2, 0) is 9.63 Å². The summed E-state index contributed by atoms with van der Waals surface area (Å²) in [6.07, 6.45) is 3.01. The number of hydrogen-bond donors (Lipinski definition) is 1. The summed E-state index contributed by atoms with van der Waals surface area (Å²) in [7, 11) is 0. The minimum atomic E-state index is 0.194. The summed E-state index contributed by atoms with van der Waals surface area (Å²) in [6.45, 7) is 0. The third kappa shape index (κ3) is 0.614. The van der Waals surface area contributed by atoms with E-state index in [1.54, 1.807) is 5.94 Å². The molecule has 1 heterocycles. The van der Waals surface area contributed by atoms with Gasteiger partial charge < -0.3 is 4.84 Å². The Hall–Kier alpha value is -1.21. The van der Waals surface area contributed by atoms with Crippen molar-refractivity contribution in [3.8, 4) is 0 Å². The molecule has 0 saturated heterocycles. The van der Waals surface area contributed by atoms with Crippen LogP contribution < -0.4 is 5.48 Å². The highest BCUT2D eigenvalue weighted by Gasteiger charge is 1.96. The van der Waals surface area contributed by atoms with Crippen LogP contribution in [0.25, 0.3) is 0 Å². The third-order valence-electron chi connectivity index (χ3n) is 0.572. The smallest absolute Gasteiger partial charge is 0.239 e. The minimum Gasteiger partial charge on any atom is -0.371 e. The Labute approximate surface area is 40.2 Å². The Kier molecular flexibility index (Phi) is 0.845. The highest BCUT2D eigenvalue weighted by molar-refractivity contribution is 5.54. The molecule has 3 nitrogen and oxygen atoms in total. The number of carbonyl (C=O) groups excluding carboxylic acids is 1. The van der Waals surface area contributed by atoms with Crippen LogP contribution in [0.5, 0.6) is 0 Å². The molecule has 0 fully saturated rings. The highest BCUT2D eigenvalue weighted by atomic mass is 16.7. The standard InChI is InChI=1S/C4H3NO2/c6-3-4-1-2-5-7-4/h1-2,5H. The van der Waals surface area contributed by atoms with E-state index in [0.29, 0.717) is 0 Å². The summed E-state index contributed by atoms with van der Waals surface area (Å²) in [5.74, 6) is 1.75. The predicted molar refractivity (Wildman–Crippen MR) is 22.6 cm³/mol. The number of allylic oxidation sites excluding steroid dienone is 1. The van der Waals surface area contributed by atoms with E-state index in [2.05, 4.69) is 10.3 Å². The molecular formula is C4H3NO2. The lowest BCUT2D eigenvalue weighted by molar-refractivity contribution is 0.174. The summed E-state index contributed by atoms with van der Waals surface area (Å²) in [4.78, 5) is 14.1. The van der Waals surface area contributed by atoms with Crippen molar-refractivity contribution >= 4 is 5.94 Å². The van der Waals surface area contributed by atoms with Gasteiger partial charge in [0, 0.05) is 12.3 Å². The Morgan fingerprint density at radius 2 is 2.71 bits per heavy atom. The number of rotatable bonds is 0. The second-order valence-corrected chi connectivity index (χ2v) is 1.02. The molecule has 0 amide bonds. The Morgan fingerprint density at radius 3 is 3.00 bits per heavy atom. The van der Waals surface area contributed by atoms with Crippen molar-refractivity contribution in [3.05, 3.63) is 18.0 Å². The van der Waals surface area contributed by atoms with Crippen LogP contribution >= 0.6 is 0 Å². The molecule has 0 aromatic heterocycles. The van der Waals surface area contributed by atoms with Crippen molar-refractivity contribution in [1.29, 1.82) is 0 Å². The zero-order valence-corrected chi connectivity index (χ0v) is 3.47. The van der Waals surface area contributed by atoms with Crippen molar-refractivity contribution in [2.75, 3.05) is 0 Å². The van der Waals surface area contributed by atoms with Crippen LogP contribution in [0.4, 0.5) is 0 Å². The van der Waals surface area contributed by atoms with Crippen LogP contribution in [0.3, 0.4) is 0 Å². The minimum absolute atomic E-state index is 0.194. The third-order valence-corrected chi connectivity index (χ3v) is 0.572. The van der Waals surface area contributed by atoms with Gasteiger partial charge >= 0.3 is 0 Å². The molecule has 0 aromatic rings. The van der Waals surface area contributed by atoms with Gasteiger partial charge in [0.15, 0.2) is 5.94 Å². The van der Waals surface area contributed by atoms with Gasteiger partial charge in [0.2, 0.25) is 5.76 Å². The molecule has 0 atom stereocenters. The lowest BCUT2D eigenvalue weighted by Gasteiger charge is -1.87. The van der Waals surface area contributed by atoms with Gasteiger partial charge in [0.25, 0.3) is 0 Å². The van der Waals surface area contributed by atoms with E-state index < -0.39 is 0 Å². The van der Waals surface area contributed by atoms with Gasteiger partial charge in [-0.05, 0) is 0 Å². The molecule has 36 valence electrons. The Morgan fingerprint density at radius 1 is 1.86 bits per heavy atom. The quantitative estimate of drug-likeness (QED) is 0.423. The van der Waals surface area contributed by atoms with Crippen molar-refractivity contribution in [2.24, 2.45) is 0 Å². The van der Waals surface area contributed by atoms with Gasteiger partial charge in [-0.15, -0.1) is 0 Å². The number of hydrogen-bond acceptors (Lipinski definition) is 3. The number of hydroxylamine groups is 1. The second-order valence-electron chi connectivity index (χ2n) is 1.02. The maximum atomic E-state index is 9.63. The average molecular weight is 97.1 g/mol. The molecule has 7 heavy (non-hydrogen) atoms. The van der Waals surface area contributed by atoms with Gasteiger partial charge in [-0.25, -0.2) is 10.3 Å². The first-order valence-corrected chi connectivity index (χ1v) is 1.77. The first-order chi connectivity index (χ1) is 3.43. The molecule has 0 aromatic carbocycles. The normalized spacial score (nSPS) is 15.1. The molecule has 1 N–H and O–H groups in total. The fourth-order valence-electron chi connectivity index (χ4n) is 0.296. The van der Waals surface area contributed by atoms with Crippen LogP contribution in [-0.4, -0.2) is 5.94 Å². The molecule has 0 radical (unpaired) electrons.